The molecule has 1 atom stereocenters. The SMILES string of the molecule is CCCCC(CCC)C(=O)CC(=O)NN=C(C)C. The van der Waals surface area contributed by atoms with Gasteiger partial charge in [0.25, 0.3) is 0 Å². The summed E-state index contributed by atoms with van der Waals surface area (Å²) in [5.41, 5.74) is 3.16. The average Bonchev–Trinajstić information content (AvgIpc) is 2.31. The van der Waals surface area contributed by atoms with E-state index in [2.05, 4.69) is 24.4 Å². The van der Waals surface area contributed by atoms with Crippen molar-refractivity contribution in [3.05, 3.63) is 0 Å². The number of rotatable bonds is 9. The van der Waals surface area contributed by atoms with Crippen molar-refractivity contribution in [3.63, 3.8) is 0 Å². The average molecular weight is 254 g/mol. The van der Waals surface area contributed by atoms with Crippen LogP contribution in [0.4, 0.5) is 0 Å². The van der Waals surface area contributed by atoms with Gasteiger partial charge in [-0.1, -0.05) is 33.1 Å². The lowest BCUT2D eigenvalue weighted by Gasteiger charge is -2.13. The quantitative estimate of drug-likeness (QED) is 0.390. The van der Waals surface area contributed by atoms with E-state index in [9.17, 15) is 9.59 Å². The molecule has 0 aromatic rings. The van der Waals surface area contributed by atoms with Crippen LogP contribution in [0.1, 0.15) is 66.2 Å². The van der Waals surface area contributed by atoms with Crippen LogP contribution in [-0.4, -0.2) is 17.4 Å². The molecular formula is C14H26N2O2. The van der Waals surface area contributed by atoms with Crippen LogP contribution in [0.25, 0.3) is 0 Å². The van der Waals surface area contributed by atoms with Crippen LogP contribution >= 0.6 is 0 Å². The second-order valence-corrected chi connectivity index (χ2v) is 4.86. The Bertz CT molecular complexity index is 294. The third kappa shape index (κ3) is 7.98. The normalized spacial score (nSPS) is 11.8. The molecule has 0 aliphatic carbocycles. The van der Waals surface area contributed by atoms with Crippen LogP contribution in [-0.2, 0) is 9.59 Å². The summed E-state index contributed by atoms with van der Waals surface area (Å²) in [6, 6.07) is 0. The highest BCUT2D eigenvalue weighted by Crippen LogP contribution is 2.17. The number of carbonyl (C=O) groups excluding carboxylic acids is 2. The lowest BCUT2D eigenvalue weighted by atomic mass is 9.91. The lowest BCUT2D eigenvalue weighted by Crippen LogP contribution is -2.25. The highest BCUT2D eigenvalue weighted by molar-refractivity contribution is 5.99. The molecule has 0 saturated heterocycles. The van der Waals surface area contributed by atoms with E-state index in [4.69, 9.17) is 0 Å². The van der Waals surface area contributed by atoms with Crippen LogP contribution in [0.3, 0.4) is 0 Å². The molecule has 0 spiro atoms. The van der Waals surface area contributed by atoms with E-state index in [0.29, 0.717) is 0 Å². The predicted molar refractivity (Wildman–Crippen MR) is 74.5 cm³/mol. The molecule has 0 aliphatic rings. The van der Waals surface area contributed by atoms with E-state index in [1.54, 1.807) is 13.8 Å². The maximum Gasteiger partial charge on any atom is 0.247 e. The number of amides is 1. The molecule has 0 aliphatic heterocycles. The minimum atomic E-state index is -0.307. The summed E-state index contributed by atoms with van der Waals surface area (Å²) in [5.74, 6) is -0.224. The first-order chi connectivity index (χ1) is 8.51. The molecule has 1 N–H and O–H groups in total. The molecule has 0 fully saturated rings. The van der Waals surface area contributed by atoms with Gasteiger partial charge in [0.2, 0.25) is 5.91 Å². The number of carbonyl (C=O) groups is 2. The summed E-state index contributed by atoms with van der Waals surface area (Å²) in [4.78, 5) is 23.5. The Hall–Kier alpha value is -1.19. The maximum absolute atomic E-state index is 12.0. The first-order valence-electron chi connectivity index (χ1n) is 6.83. The molecule has 1 unspecified atom stereocenters. The van der Waals surface area contributed by atoms with Gasteiger partial charge in [-0.05, 0) is 26.7 Å². The molecular weight excluding hydrogens is 228 g/mol. The van der Waals surface area contributed by atoms with Crippen molar-refractivity contribution < 1.29 is 9.59 Å². The maximum atomic E-state index is 12.0. The number of nitrogens with one attached hydrogen (secondary N) is 1. The summed E-state index contributed by atoms with van der Waals surface area (Å²) in [6.45, 7) is 7.77. The second-order valence-electron chi connectivity index (χ2n) is 4.86. The number of hydrogen-bond donors (Lipinski definition) is 1. The topological polar surface area (TPSA) is 58.5 Å². The zero-order valence-electron chi connectivity index (χ0n) is 12.1. The molecule has 0 bridgehead atoms. The highest BCUT2D eigenvalue weighted by Gasteiger charge is 2.19. The number of unbranched alkanes of at least 4 members (excludes halogenated alkanes) is 1. The zero-order valence-corrected chi connectivity index (χ0v) is 12.1. The van der Waals surface area contributed by atoms with E-state index >= 15 is 0 Å². The summed E-state index contributed by atoms with van der Waals surface area (Å²) < 4.78 is 0. The molecule has 1 amide bonds. The number of hydrogen-bond acceptors (Lipinski definition) is 3. The third-order valence-corrected chi connectivity index (χ3v) is 2.74. The molecule has 4 heteroatoms. The Labute approximate surface area is 110 Å². The van der Waals surface area contributed by atoms with Crippen LogP contribution in [0, 0.1) is 5.92 Å². The minimum absolute atomic E-state index is 0.0346. The standard InChI is InChI=1S/C14H26N2O2/c1-5-7-9-12(8-6-2)13(17)10-14(18)16-15-11(3)4/h12H,5-10H2,1-4H3,(H,16,18). The van der Waals surface area contributed by atoms with Crippen LogP contribution in [0.5, 0.6) is 0 Å². The summed E-state index contributed by atoms with van der Waals surface area (Å²) >= 11 is 0. The van der Waals surface area contributed by atoms with Gasteiger partial charge in [0.05, 0.1) is 6.42 Å². The van der Waals surface area contributed by atoms with Crippen LogP contribution in [0.2, 0.25) is 0 Å². The first kappa shape index (κ1) is 16.8. The summed E-state index contributed by atoms with van der Waals surface area (Å²) in [6.07, 6.45) is 4.83. The smallest absolute Gasteiger partial charge is 0.247 e. The van der Waals surface area contributed by atoms with Crippen molar-refractivity contribution in [1.82, 2.24) is 5.43 Å². The van der Waals surface area contributed by atoms with Crippen molar-refractivity contribution in [2.75, 3.05) is 0 Å². The lowest BCUT2D eigenvalue weighted by molar-refractivity contribution is -0.130. The van der Waals surface area contributed by atoms with E-state index in [1.807, 2.05) is 0 Å². The van der Waals surface area contributed by atoms with Crippen molar-refractivity contribution >= 4 is 17.4 Å². The van der Waals surface area contributed by atoms with Gasteiger partial charge in [-0.2, -0.15) is 5.10 Å². The molecule has 4 nitrogen and oxygen atoms in total. The summed E-state index contributed by atoms with van der Waals surface area (Å²) in [5, 5.41) is 3.81. The number of nitrogens with zero attached hydrogens (tertiary/aromatic N) is 1. The van der Waals surface area contributed by atoms with Crippen molar-refractivity contribution in [1.29, 1.82) is 0 Å². The van der Waals surface area contributed by atoms with Crippen molar-refractivity contribution in [2.24, 2.45) is 11.0 Å². The minimum Gasteiger partial charge on any atom is -0.299 e. The van der Waals surface area contributed by atoms with Crippen molar-refractivity contribution in [2.45, 2.75) is 66.2 Å². The third-order valence-electron chi connectivity index (χ3n) is 2.74. The van der Waals surface area contributed by atoms with Crippen LogP contribution in [0.15, 0.2) is 5.10 Å². The fourth-order valence-corrected chi connectivity index (χ4v) is 1.78. The van der Waals surface area contributed by atoms with Gasteiger partial charge in [-0.15, -0.1) is 0 Å². The van der Waals surface area contributed by atoms with E-state index in [1.165, 1.54) is 0 Å². The monoisotopic (exact) mass is 254 g/mol. The van der Waals surface area contributed by atoms with Gasteiger partial charge in [-0.25, -0.2) is 5.43 Å². The molecule has 0 rings (SSSR count). The Morgan fingerprint density at radius 3 is 2.28 bits per heavy atom. The molecule has 0 aromatic heterocycles. The Balaban J connectivity index is 4.23. The second kappa shape index (κ2) is 9.80. The van der Waals surface area contributed by atoms with Gasteiger partial charge >= 0.3 is 0 Å². The van der Waals surface area contributed by atoms with Gasteiger partial charge < -0.3 is 0 Å². The van der Waals surface area contributed by atoms with E-state index < -0.39 is 0 Å². The molecule has 104 valence electrons. The molecule has 0 aromatic carbocycles. The predicted octanol–water partition coefficient (Wildman–Crippen LogP) is 3.06. The molecule has 0 saturated carbocycles. The number of ketones is 1. The van der Waals surface area contributed by atoms with E-state index in [0.717, 1.165) is 37.8 Å². The fourth-order valence-electron chi connectivity index (χ4n) is 1.78. The molecule has 0 heterocycles. The fraction of sp³-hybridized carbons (Fsp3) is 0.786. The molecule has 18 heavy (non-hydrogen) atoms. The van der Waals surface area contributed by atoms with Gasteiger partial charge in [0.15, 0.2) is 0 Å². The van der Waals surface area contributed by atoms with Crippen molar-refractivity contribution in [3.8, 4) is 0 Å². The van der Waals surface area contributed by atoms with E-state index in [-0.39, 0.29) is 24.0 Å². The number of Topliss-reactive ketones (excluding diaryl/α,β-unsaturated/α-hetero) is 1. The Morgan fingerprint density at radius 1 is 1.11 bits per heavy atom. The van der Waals surface area contributed by atoms with Crippen LogP contribution < -0.4 is 5.43 Å². The Morgan fingerprint density at radius 2 is 1.78 bits per heavy atom. The Kier molecular flexibility index (Phi) is 9.15. The highest BCUT2D eigenvalue weighted by atomic mass is 16.2. The van der Waals surface area contributed by atoms with Gasteiger partial charge in [0, 0.05) is 11.6 Å². The summed E-state index contributed by atoms with van der Waals surface area (Å²) in [7, 11) is 0. The number of hydrazone groups is 1. The zero-order chi connectivity index (χ0) is 14.0. The molecule has 0 radical (unpaired) electrons. The van der Waals surface area contributed by atoms with Gasteiger partial charge in [0.1, 0.15) is 5.78 Å². The van der Waals surface area contributed by atoms with Gasteiger partial charge in [-0.3, -0.25) is 9.59 Å². The first-order valence-corrected chi connectivity index (χ1v) is 6.83. The largest absolute Gasteiger partial charge is 0.299 e.